The van der Waals surface area contributed by atoms with Crippen LogP contribution in [0.2, 0.25) is 5.02 Å². The van der Waals surface area contributed by atoms with Crippen molar-refractivity contribution in [1.29, 1.82) is 5.41 Å². The fraction of sp³-hybridized carbons (Fsp3) is 0.500. The van der Waals surface area contributed by atoms with E-state index in [9.17, 15) is 8.42 Å². The highest BCUT2D eigenvalue weighted by Crippen LogP contribution is 2.34. The van der Waals surface area contributed by atoms with E-state index in [1.165, 1.54) is 17.6 Å². The van der Waals surface area contributed by atoms with E-state index in [-0.39, 0.29) is 17.8 Å². The number of hydrogen-bond acceptors (Lipinski definition) is 9. The van der Waals surface area contributed by atoms with E-state index in [1.807, 2.05) is 26.0 Å². The summed E-state index contributed by atoms with van der Waals surface area (Å²) in [7, 11) is -3.01. The quantitative estimate of drug-likeness (QED) is 0.573. The van der Waals surface area contributed by atoms with Crippen LogP contribution in [0.1, 0.15) is 20.3 Å². The van der Waals surface area contributed by atoms with E-state index in [0.717, 1.165) is 5.56 Å². The maximum Gasteiger partial charge on any atom is 0.231 e. The van der Waals surface area contributed by atoms with Gasteiger partial charge in [-0.25, -0.2) is 13.4 Å². The molecular formula is C20H26ClN5O3S2. The summed E-state index contributed by atoms with van der Waals surface area (Å²) in [6.07, 6.45) is 3.59. The van der Waals surface area contributed by atoms with Crippen molar-refractivity contribution in [2.45, 2.75) is 26.4 Å². The summed E-state index contributed by atoms with van der Waals surface area (Å²) in [6.45, 7) is 5.62. The van der Waals surface area contributed by atoms with Crippen molar-refractivity contribution in [3.63, 3.8) is 0 Å². The minimum absolute atomic E-state index is 0.0339. The van der Waals surface area contributed by atoms with Gasteiger partial charge in [-0.15, -0.1) is 10.2 Å². The molecule has 1 saturated heterocycles. The summed E-state index contributed by atoms with van der Waals surface area (Å²) < 4.78 is 28.5. The van der Waals surface area contributed by atoms with Crippen molar-refractivity contribution in [3.05, 3.63) is 23.2 Å². The lowest BCUT2D eigenvalue weighted by atomic mass is 9.97. The van der Waals surface area contributed by atoms with Crippen LogP contribution < -0.4 is 4.74 Å². The molecule has 0 radical (unpaired) electrons. The first-order valence-corrected chi connectivity index (χ1v) is 13.2. The maximum atomic E-state index is 11.4. The molecule has 31 heavy (non-hydrogen) atoms. The lowest BCUT2D eigenvalue weighted by Gasteiger charge is -2.31. The lowest BCUT2D eigenvalue weighted by molar-refractivity contribution is 0.242. The first kappa shape index (κ1) is 23.8. The average Bonchev–Trinajstić information content (AvgIpc) is 3.16. The standard InChI is InChI=1S/C20H26ClN5O3S2/c1-13(2)29-18-5-4-14(10-16(18)21)19-24-25-20(30-19)23-11-15-12-26(7-6-17(15)22)8-9-31(3,27)28/h4-5,10-11,13,15,22H,6-9,12H2,1-3H3. The molecule has 1 unspecified atom stereocenters. The minimum atomic E-state index is -3.01. The van der Waals surface area contributed by atoms with Gasteiger partial charge in [-0.1, -0.05) is 22.9 Å². The van der Waals surface area contributed by atoms with Crippen molar-refractivity contribution in [3.8, 4) is 16.3 Å². The van der Waals surface area contributed by atoms with Gasteiger partial charge in [0, 0.05) is 49.3 Å². The number of hydrogen-bond donors (Lipinski definition) is 1. The third-order valence-electron chi connectivity index (χ3n) is 4.70. The number of sulfone groups is 1. The van der Waals surface area contributed by atoms with Crippen molar-refractivity contribution in [2.75, 3.05) is 31.6 Å². The number of nitrogens with one attached hydrogen (secondary N) is 1. The smallest absolute Gasteiger partial charge is 0.231 e. The monoisotopic (exact) mass is 483 g/mol. The zero-order chi connectivity index (χ0) is 22.6. The van der Waals surface area contributed by atoms with Crippen LogP contribution in [0.15, 0.2) is 23.2 Å². The lowest BCUT2D eigenvalue weighted by Crippen LogP contribution is -2.43. The van der Waals surface area contributed by atoms with Gasteiger partial charge in [-0.2, -0.15) is 0 Å². The number of aromatic nitrogens is 2. The molecule has 1 atom stereocenters. The van der Waals surface area contributed by atoms with Crippen LogP contribution in [0.25, 0.3) is 10.6 Å². The molecule has 1 aromatic carbocycles. The molecule has 11 heteroatoms. The van der Waals surface area contributed by atoms with E-state index in [0.29, 0.717) is 52.7 Å². The van der Waals surface area contributed by atoms with Gasteiger partial charge in [0.25, 0.3) is 0 Å². The number of benzene rings is 1. The van der Waals surface area contributed by atoms with Crippen LogP contribution in [-0.4, -0.2) is 73.2 Å². The van der Waals surface area contributed by atoms with Gasteiger partial charge in [0.15, 0.2) is 0 Å². The first-order valence-electron chi connectivity index (χ1n) is 9.92. The number of ether oxygens (including phenoxy) is 1. The molecule has 1 aliphatic heterocycles. The molecule has 0 amide bonds. The Morgan fingerprint density at radius 1 is 1.42 bits per heavy atom. The molecular weight excluding hydrogens is 458 g/mol. The molecule has 0 saturated carbocycles. The van der Waals surface area contributed by atoms with Crippen molar-refractivity contribution < 1.29 is 13.2 Å². The molecule has 0 bridgehead atoms. The van der Waals surface area contributed by atoms with Gasteiger partial charge in [0.05, 0.1) is 16.9 Å². The van der Waals surface area contributed by atoms with Gasteiger partial charge in [-0.05, 0) is 38.5 Å². The second-order valence-corrected chi connectivity index (χ2v) is 11.4. The van der Waals surface area contributed by atoms with E-state index in [2.05, 4.69) is 20.1 Å². The summed E-state index contributed by atoms with van der Waals surface area (Å²) in [4.78, 5) is 6.49. The zero-order valence-corrected chi connectivity index (χ0v) is 20.1. The summed E-state index contributed by atoms with van der Waals surface area (Å²) in [5.41, 5.74) is 1.43. The van der Waals surface area contributed by atoms with E-state index < -0.39 is 9.84 Å². The number of nitrogens with zero attached hydrogens (tertiary/aromatic N) is 4. The topological polar surface area (TPSA) is 109 Å². The summed E-state index contributed by atoms with van der Waals surface area (Å²) in [5.74, 6) is 0.579. The average molecular weight is 484 g/mol. The maximum absolute atomic E-state index is 11.4. The van der Waals surface area contributed by atoms with Crippen molar-refractivity contribution >= 4 is 49.8 Å². The molecule has 3 rings (SSSR count). The minimum Gasteiger partial charge on any atom is -0.489 e. The van der Waals surface area contributed by atoms with E-state index in [4.69, 9.17) is 21.7 Å². The molecule has 8 nitrogen and oxygen atoms in total. The predicted molar refractivity (Wildman–Crippen MR) is 126 cm³/mol. The van der Waals surface area contributed by atoms with Crippen LogP contribution in [0.3, 0.4) is 0 Å². The molecule has 1 aromatic heterocycles. The van der Waals surface area contributed by atoms with Crippen LogP contribution in [0, 0.1) is 11.3 Å². The molecule has 2 aromatic rings. The Balaban J connectivity index is 1.66. The number of likely N-dealkylation sites (tertiary alicyclic amines) is 1. The fourth-order valence-corrected chi connectivity index (χ4v) is 4.61. The molecule has 0 aliphatic carbocycles. The first-order chi connectivity index (χ1) is 14.6. The largest absolute Gasteiger partial charge is 0.489 e. The molecule has 1 N–H and O–H groups in total. The summed E-state index contributed by atoms with van der Waals surface area (Å²) >= 11 is 7.65. The van der Waals surface area contributed by atoms with Crippen LogP contribution in [-0.2, 0) is 9.84 Å². The predicted octanol–water partition coefficient (Wildman–Crippen LogP) is 3.73. The van der Waals surface area contributed by atoms with Crippen molar-refractivity contribution in [1.82, 2.24) is 15.1 Å². The van der Waals surface area contributed by atoms with Gasteiger partial charge in [0.2, 0.25) is 5.13 Å². The Labute approximate surface area is 191 Å². The summed E-state index contributed by atoms with van der Waals surface area (Å²) in [5, 5.41) is 18.2. The number of aliphatic imine (C=N–C) groups is 1. The Morgan fingerprint density at radius 2 is 2.19 bits per heavy atom. The highest BCUT2D eigenvalue weighted by Gasteiger charge is 2.24. The number of halogens is 1. The van der Waals surface area contributed by atoms with Gasteiger partial charge in [-0.3, -0.25) is 0 Å². The van der Waals surface area contributed by atoms with Crippen LogP contribution in [0.5, 0.6) is 5.75 Å². The molecule has 1 fully saturated rings. The third-order valence-corrected chi connectivity index (χ3v) is 6.80. The second kappa shape index (κ2) is 10.2. The number of piperidine rings is 1. The van der Waals surface area contributed by atoms with Gasteiger partial charge < -0.3 is 15.0 Å². The van der Waals surface area contributed by atoms with E-state index in [1.54, 1.807) is 12.3 Å². The Morgan fingerprint density at radius 3 is 2.87 bits per heavy atom. The van der Waals surface area contributed by atoms with Crippen LogP contribution >= 0.6 is 22.9 Å². The molecule has 2 heterocycles. The zero-order valence-electron chi connectivity index (χ0n) is 17.7. The molecule has 0 spiro atoms. The molecule has 168 valence electrons. The SMILES string of the molecule is CC(C)Oc1ccc(-c2nnc(N=CC3CN(CCS(C)(=O)=O)CCC3=N)s2)cc1Cl. The second-order valence-electron chi connectivity index (χ2n) is 7.79. The fourth-order valence-electron chi connectivity index (χ4n) is 3.10. The Kier molecular flexibility index (Phi) is 7.79. The number of rotatable bonds is 8. The highest BCUT2D eigenvalue weighted by atomic mass is 35.5. The van der Waals surface area contributed by atoms with Crippen LogP contribution in [0.4, 0.5) is 5.13 Å². The third kappa shape index (κ3) is 7.06. The summed E-state index contributed by atoms with van der Waals surface area (Å²) in [6, 6.07) is 5.49. The molecule has 1 aliphatic rings. The van der Waals surface area contributed by atoms with Gasteiger partial charge in [0.1, 0.15) is 20.6 Å². The normalized spacial score (nSPS) is 18.2. The highest BCUT2D eigenvalue weighted by molar-refractivity contribution is 7.90. The van der Waals surface area contributed by atoms with E-state index >= 15 is 0 Å². The van der Waals surface area contributed by atoms with Crippen molar-refractivity contribution in [2.24, 2.45) is 10.9 Å². The van der Waals surface area contributed by atoms with Gasteiger partial charge >= 0.3 is 0 Å². The Hall–Kier alpha value is -1.88. The Bertz CT molecular complexity index is 1070.